The Morgan fingerprint density at radius 3 is 2.33 bits per heavy atom. The van der Waals surface area contributed by atoms with E-state index >= 15 is 0 Å². The first-order valence-corrected chi connectivity index (χ1v) is 7.55. The van der Waals surface area contributed by atoms with Crippen LogP contribution in [0.3, 0.4) is 0 Å². The predicted molar refractivity (Wildman–Crippen MR) is 89.4 cm³/mol. The summed E-state index contributed by atoms with van der Waals surface area (Å²) in [6, 6.07) is 12.1. The summed E-state index contributed by atoms with van der Waals surface area (Å²) < 4.78 is 1.43. The molecule has 0 fully saturated rings. The fourth-order valence-electron chi connectivity index (χ4n) is 2.35. The van der Waals surface area contributed by atoms with Crippen molar-refractivity contribution in [2.24, 2.45) is 5.41 Å². The number of aromatic nitrogens is 1. The van der Waals surface area contributed by atoms with Crippen LogP contribution >= 0.6 is 0 Å². The summed E-state index contributed by atoms with van der Waals surface area (Å²) in [5.41, 5.74) is -0.671. The minimum atomic E-state index is -1.14. The van der Waals surface area contributed by atoms with Gasteiger partial charge < -0.3 is 15.0 Å². The standard InChI is InChI=1S/C18H20N2O4/c1-18(2,12-20-11-7-6-10-14(20)21)17(24)19-15(16(22)23)13-8-4-3-5-9-13/h3-11,15H,12H2,1-2H3,(H,19,24)(H,22,23). The highest BCUT2D eigenvalue weighted by Crippen LogP contribution is 2.21. The summed E-state index contributed by atoms with van der Waals surface area (Å²) >= 11 is 0. The van der Waals surface area contributed by atoms with E-state index in [-0.39, 0.29) is 12.1 Å². The second kappa shape index (κ2) is 7.12. The van der Waals surface area contributed by atoms with E-state index in [1.165, 1.54) is 10.6 Å². The van der Waals surface area contributed by atoms with E-state index in [4.69, 9.17) is 0 Å². The van der Waals surface area contributed by atoms with Crippen LogP contribution in [0, 0.1) is 5.41 Å². The summed E-state index contributed by atoms with van der Waals surface area (Å²) in [6.45, 7) is 3.50. The van der Waals surface area contributed by atoms with E-state index in [0.29, 0.717) is 5.56 Å². The van der Waals surface area contributed by atoms with Gasteiger partial charge in [0.2, 0.25) is 5.91 Å². The molecule has 1 unspecified atom stereocenters. The number of amides is 1. The SMILES string of the molecule is CC(C)(Cn1ccccc1=O)C(=O)NC(C(=O)O)c1ccccc1. The molecule has 1 heterocycles. The Labute approximate surface area is 139 Å². The van der Waals surface area contributed by atoms with Gasteiger partial charge in [0.1, 0.15) is 0 Å². The molecule has 24 heavy (non-hydrogen) atoms. The summed E-state index contributed by atoms with van der Waals surface area (Å²) in [6.07, 6.45) is 1.60. The van der Waals surface area contributed by atoms with Gasteiger partial charge in [0.25, 0.3) is 5.56 Å². The van der Waals surface area contributed by atoms with Gasteiger partial charge in [-0.15, -0.1) is 0 Å². The van der Waals surface area contributed by atoms with Gasteiger partial charge in [0.15, 0.2) is 6.04 Å². The number of benzene rings is 1. The topological polar surface area (TPSA) is 88.4 Å². The third kappa shape index (κ3) is 4.10. The van der Waals surface area contributed by atoms with Crippen LogP contribution in [0.1, 0.15) is 25.5 Å². The molecule has 0 aliphatic heterocycles. The zero-order valence-electron chi connectivity index (χ0n) is 13.6. The Balaban J connectivity index is 2.18. The first kappa shape index (κ1) is 17.5. The number of carboxylic acids is 1. The van der Waals surface area contributed by atoms with Crippen molar-refractivity contribution >= 4 is 11.9 Å². The van der Waals surface area contributed by atoms with Gasteiger partial charge >= 0.3 is 5.97 Å². The lowest BCUT2D eigenvalue weighted by molar-refractivity contribution is -0.143. The molecular weight excluding hydrogens is 308 g/mol. The van der Waals surface area contributed by atoms with E-state index in [2.05, 4.69) is 5.32 Å². The van der Waals surface area contributed by atoms with Gasteiger partial charge in [-0.25, -0.2) is 4.79 Å². The normalized spacial score (nSPS) is 12.4. The maximum atomic E-state index is 12.6. The van der Waals surface area contributed by atoms with Gasteiger partial charge in [0.05, 0.1) is 5.41 Å². The van der Waals surface area contributed by atoms with Gasteiger partial charge in [-0.2, -0.15) is 0 Å². The van der Waals surface area contributed by atoms with Crippen molar-refractivity contribution in [3.05, 3.63) is 70.6 Å². The number of aliphatic carboxylic acids is 1. The third-order valence-electron chi connectivity index (χ3n) is 3.73. The molecule has 0 aliphatic carbocycles. The second-order valence-electron chi connectivity index (χ2n) is 6.21. The molecule has 1 amide bonds. The Morgan fingerprint density at radius 1 is 1.12 bits per heavy atom. The molecule has 0 spiro atoms. The summed E-state index contributed by atoms with van der Waals surface area (Å²) in [5.74, 6) is -1.57. The van der Waals surface area contributed by atoms with Crippen molar-refractivity contribution < 1.29 is 14.7 Å². The number of carbonyl (C=O) groups is 2. The Hall–Kier alpha value is -2.89. The van der Waals surface area contributed by atoms with Gasteiger partial charge in [-0.05, 0) is 25.5 Å². The Morgan fingerprint density at radius 2 is 1.75 bits per heavy atom. The molecule has 6 nitrogen and oxygen atoms in total. The number of hydrogen-bond donors (Lipinski definition) is 2. The Kier molecular flexibility index (Phi) is 5.18. The number of hydrogen-bond acceptors (Lipinski definition) is 3. The molecule has 1 aromatic carbocycles. The molecular formula is C18H20N2O4. The van der Waals surface area contributed by atoms with E-state index in [9.17, 15) is 19.5 Å². The molecule has 2 rings (SSSR count). The summed E-state index contributed by atoms with van der Waals surface area (Å²) in [4.78, 5) is 35.9. The smallest absolute Gasteiger partial charge is 0.330 e. The number of carboxylic acid groups (broad SMARTS) is 1. The molecule has 0 saturated heterocycles. The summed E-state index contributed by atoms with van der Waals surface area (Å²) in [5, 5.41) is 12.0. The number of rotatable bonds is 6. The van der Waals surface area contributed by atoms with Crippen LogP contribution in [0.25, 0.3) is 0 Å². The minimum Gasteiger partial charge on any atom is -0.479 e. The van der Waals surface area contributed by atoms with Gasteiger partial charge in [-0.1, -0.05) is 36.4 Å². The zero-order chi connectivity index (χ0) is 17.7. The lowest BCUT2D eigenvalue weighted by Gasteiger charge is -2.26. The largest absolute Gasteiger partial charge is 0.479 e. The van der Waals surface area contributed by atoms with Crippen LogP contribution in [0.4, 0.5) is 0 Å². The molecule has 126 valence electrons. The highest BCUT2D eigenvalue weighted by molar-refractivity contribution is 5.87. The third-order valence-corrected chi connectivity index (χ3v) is 3.73. The molecule has 0 saturated carbocycles. The predicted octanol–water partition coefficient (Wildman–Crippen LogP) is 1.82. The first-order valence-electron chi connectivity index (χ1n) is 7.55. The van der Waals surface area contributed by atoms with Crippen molar-refractivity contribution in [3.63, 3.8) is 0 Å². The van der Waals surface area contributed by atoms with E-state index in [1.54, 1.807) is 62.5 Å². The number of nitrogens with one attached hydrogen (secondary N) is 1. The van der Waals surface area contributed by atoms with Crippen molar-refractivity contribution in [2.75, 3.05) is 0 Å². The average Bonchev–Trinajstić information content (AvgIpc) is 2.54. The van der Waals surface area contributed by atoms with E-state index in [0.717, 1.165) is 0 Å². The van der Waals surface area contributed by atoms with Crippen LogP contribution in [-0.4, -0.2) is 21.6 Å². The monoisotopic (exact) mass is 328 g/mol. The molecule has 2 N–H and O–H groups in total. The highest BCUT2D eigenvalue weighted by atomic mass is 16.4. The van der Waals surface area contributed by atoms with Crippen molar-refractivity contribution in [3.8, 4) is 0 Å². The van der Waals surface area contributed by atoms with Crippen molar-refractivity contribution in [1.29, 1.82) is 0 Å². The number of pyridine rings is 1. The van der Waals surface area contributed by atoms with Crippen molar-refractivity contribution in [2.45, 2.75) is 26.4 Å². The van der Waals surface area contributed by atoms with Crippen LogP contribution < -0.4 is 10.9 Å². The minimum absolute atomic E-state index is 0.152. The zero-order valence-corrected chi connectivity index (χ0v) is 13.6. The highest BCUT2D eigenvalue weighted by Gasteiger charge is 2.32. The fraction of sp³-hybridized carbons (Fsp3) is 0.278. The number of nitrogens with zero attached hydrogens (tertiary/aromatic N) is 1. The van der Waals surface area contributed by atoms with Crippen LogP contribution in [0.15, 0.2) is 59.5 Å². The quantitative estimate of drug-likeness (QED) is 0.846. The maximum absolute atomic E-state index is 12.6. The van der Waals surface area contributed by atoms with E-state index in [1.807, 2.05) is 0 Å². The van der Waals surface area contributed by atoms with Crippen LogP contribution in [0.2, 0.25) is 0 Å². The lowest BCUT2D eigenvalue weighted by atomic mass is 9.91. The first-order chi connectivity index (χ1) is 11.3. The lowest BCUT2D eigenvalue weighted by Crippen LogP contribution is -2.44. The molecule has 0 aliphatic rings. The summed E-state index contributed by atoms with van der Waals surface area (Å²) in [7, 11) is 0. The Bertz CT molecular complexity index is 781. The molecule has 1 aromatic heterocycles. The van der Waals surface area contributed by atoms with Gasteiger partial charge in [0, 0.05) is 18.8 Å². The maximum Gasteiger partial charge on any atom is 0.330 e. The van der Waals surface area contributed by atoms with E-state index < -0.39 is 23.3 Å². The second-order valence-corrected chi connectivity index (χ2v) is 6.21. The van der Waals surface area contributed by atoms with Gasteiger partial charge in [-0.3, -0.25) is 9.59 Å². The molecule has 1 atom stereocenters. The number of carbonyl (C=O) groups excluding carboxylic acids is 1. The molecule has 6 heteroatoms. The van der Waals surface area contributed by atoms with Crippen LogP contribution in [0.5, 0.6) is 0 Å². The molecule has 0 radical (unpaired) electrons. The molecule has 2 aromatic rings. The fourth-order valence-corrected chi connectivity index (χ4v) is 2.35. The average molecular weight is 328 g/mol. The van der Waals surface area contributed by atoms with Crippen molar-refractivity contribution in [1.82, 2.24) is 9.88 Å². The molecule has 0 bridgehead atoms. The van der Waals surface area contributed by atoms with Crippen LogP contribution in [-0.2, 0) is 16.1 Å².